The number of hydrogen-bond donors (Lipinski definition) is 5. The number of carboxylic acids is 2. The maximum Gasteiger partial charge on any atom is 0.352 e. The van der Waals surface area contributed by atoms with Crippen LogP contribution in [0.4, 0.5) is 5.13 Å². The van der Waals surface area contributed by atoms with Crippen molar-refractivity contribution >= 4 is 69.5 Å². The highest BCUT2D eigenvalue weighted by molar-refractivity contribution is 8.01. The summed E-state index contributed by atoms with van der Waals surface area (Å²) in [4.78, 5) is 58.6. The molecule has 2 aliphatic heterocycles. The van der Waals surface area contributed by atoms with Crippen LogP contribution in [-0.2, 0) is 30.6 Å². The number of anilines is 1. The van der Waals surface area contributed by atoms with Crippen molar-refractivity contribution in [1.82, 2.24) is 35.4 Å². The molecule has 1 fully saturated rings. The molecule has 1 saturated heterocycles. The predicted octanol–water partition coefficient (Wildman–Crippen LogP) is -1.96. The number of carbonyl (C=O) groups excluding carboxylic acids is 2. The largest absolute Gasteiger partial charge is 0.479 e. The van der Waals surface area contributed by atoms with Gasteiger partial charge >= 0.3 is 11.9 Å². The number of nitrogens with zero attached hydrogens (tertiary/aromatic N) is 7. The van der Waals surface area contributed by atoms with Crippen LogP contribution in [0.15, 0.2) is 27.0 Å². The van der Waals surface area contributed by atoms with Gasteiger partial charge in [0.05, 0.1) is 6.54 Å². The molecule has 2 amide bonds. The summed E-state index contributed by atoms with van der Waals surface area (Å²) >= 11 is 3.36. The second-order valence-electron chi connectivity index (χ2n) is 7.60. The molecule has 4 heterocycles. The van der Waals surface area contributed by atoms with E-state index >= 15 is 0 Å². The van der Waals surface area contributed by atoms with Crippen LogP contribution in [0.2, 0.25) is 0 Å². The van der Waals surface area contributed by atoms with E-state index < -0.39 is 47.8 Å². The molecular weight excluding hydrogens is 566 g/mol. The van der Waals surface area contributed by atoms with E-state index in [0.29, 0.717) is 5.57 Å². The number of oxime groups is 1. The van der Waals surface area contributed by atoms with Crippen molar-refractivity contribution in [2.24, 2.45) is 5.16 Å². The van der Waals surface area contributed by atoms with Crippen molar-refractivity contribution in [2.45, 2.75) is 29.2 Å². The number of β-lactam (4-membered cyclic amide) rings is 1. The zero-order chi connectivity index (χ0) is 27.6. The van der Waals surface area contributed by atoms with E-state index in [2.05, 4.69) is 31.0 Å². The lowest BCUT2D eigenvalue weighted by Crippen LogP contribution is -2.71. The molecule has 0 aliphatic carbocycles. The van der Waals surface area contributed by atoms with Crippen molar-refractivity contribution in [3.05, 3.63) is 22.3 Å². The first kappa shape index (κ1) is 27.3. The minimum atomic E-state index is -1.73. The Labute approximate surface area is 225 Å². The van der Waals surface area contributed by atoms with Crippen molar-refractivity contribution in [3.63, 3.8) is 0 Å². The number of hydrogen-bond acceptors (Lipinski definition) is 15. The number of nitrogens with one attached hydrogen (secondary N) is 1. The predicted molar refractivity (Wildman–Crippen MR) is 132 cm³/mol. The van der Waals surface area contributed by atoms with Crippen molar-refractivity contribution < 1.29 is 39.3 Å². The number of rotatable bonds is 11. The van der Waals surface area contributed by atoms with E-state index in [1.165, 1.54) is 24.3 Å². The number of aromatic nitrogens is 5. The molecule has 3 atom stereocenters. The molecule has 2 unspecified atom stereocenters. The van der Waals surface area contributed by atoms with Gasteiger partial charge in [0.15, 0.2) is 16.9 Å². The molecule has 0 saturated carbocycles. The number of amides is 2. The Kier molecular flexibility index (Phi) is 8.14. The average Bonchev–Trinajstić information content (AvgIpc) is 3.51. The monoisotopic (exact) mass is 585 g/mol. The SMILES string of the molecule is CON=C(C(=O)NC1C(=O)N2C(C(=O)O)=C(CSc3nnnn3CC(O)C(=O)O)CS[C@H]12)c1csc(N)n1. The van der Waals surface area contributed by atoms with Crippen LogP contribution in [0.25, 0.3) is 0 Å². The van der Waals surface area contributed by atoms with E-state index in [-0.39, 0.29) is 38.9 Å². The highest BCUT2D eigenvalue weighted by Gasteiger charge is 2.54. The van der Waals surface area contributed by atoms with Gasteiger partial charge in [-0.25, -0.2) is 19.3 Å². The number of thioether (sulfide) groups is 2. The van der Waals surface area contributed by atoms with Gasteiger partial charge in [0.1, 0.15) is 29.9 Å². The van der Waals surface area contributed by atoms with E-state index in [1.807, 2.05) is 0 Å². The number of thiazole rings is 1. The highest BCUT2D eigenvalue weighted by Crippen LogP contribution is 2.41. The Bertz CT molecular complexity index is 1340. The number of aliphatic hydroxyl groups is 1. The Morgan fingerprint density at radius 1 is 1.39 bits per heavy atom. The fourth-order valence-electron chi connectivity index (χ4n) is 3.50. The maximum absolute atomic E-state index is 13.0. The number of aliphatic carboxylic acids is 2. The summed E-state index contributed by atoms with van der Waals surface area (Å²) in [5, 5.41) is 46.6. The molecule has 17 nitrogen and oxygen atoms in total. The van der Waals surface area contributed by atoms with Crippen LogP contribution in [0.5, 0.6) is 0 Å². The molecule has 0 spiro atoms. The van der Waals surface area contributed by atoms with Crippen LogP contribution in [-0.4, -0.2) is 111 Å². The molecule has 202 valence electrons. The molecule has 6 N–H and O–H groups in total. The number of carboxylic acid groups (broad SMARTS) is 2. The average molecular weight is 586 g/mol. The quantitative estimate of drug-likeness (QED) is 0.0831. The normalized spacial score (nSPS) is 20.0. The third kappa shape index (κ3) is 5.42. The first-order valence-corrected chi connectivity index (χ1v) is 13.4. The van der Waals surface area contributed by atoms with Gasteiger partial charge in [-0.05, 0) is 16.0 Å². The number of carbonyl (C=O) groups is 4. The number of nitrogen functional groups attached to an aromatic ring is 1. The van der Waals surface area contributed by atoms with E-state index in [4.69, 9.17) is 15.7 Å². The second kappa shape index (κ2) is 11.3. The Hall–Kier alpha value is -3.75. The van der Waals surface area contributed by atoms with E-state index in [0.717, 1.165) is 32.7 Å². The third-order valence-electron chi connectivity index (χ3n) is 5.20. The lowest BCUT2D eigenvalue weighted by molar-refractivity contribution is -0.150. The summed E-state index contributed by atoms with van der Waals surface area (Å²) in [6.45, 7) is -0.403. The zero-order valence-electron chi connectivity index (χ0n) is 19.2. The molecule has 2 aromatic rings. The van der Waals surface area contributed by atoms with Crippen LogP contribution in [0.3, 0.4) is 0 Å². The molecule has 4 rings (SSSR count). The lowest BCUT2D eigenvalue weighted by Gasteiger charge is -2.49. The summed E-state index contributed by atoms with van der Waals surface area (Å²) in [5.41, 5.74) is 5.77. The second-order valence-corrected chi connectivity index (χ2v) is 10.5. The number of nitrogens with two attached hydrogens (primary N) is 1. The fraction of sp³-hybridized carbons (Fsp3) is 0.389. The molecular formula is C18H19N9O8S3. The van der Waals surface area contributed by atoms with Gasteiger partial charge in [0.2, 0.25) is 5.16 Å². The van der Waals surface area contributed by atoms with Gasteiger partial charge < -0.3 is 31.2 Å². The van der Waals surface area contributed by atoms with Gasteiger partial charge in [-0.3, -0.25) is 14.5 Å². The Balaban J connectivity index is 1.47. The van der Waals surface area contributed by atoms with Gasteiger partial charge in [-0.15, -0.1) is 28.2 Å². The van der Waals surface area contributed by atoms with Crippen LogP contribution in [0, 0.1) is 0 Å². The minimum Gasteiger partial charge on any atom is -0.479 e. The highest BCUT2D eigenvalue weighted by atomic mass is 32.2. The smallest absolute Gasteiger partial charge is 0.352 e. The van der Waals surface area contributed by atoms with Gasteiger partial charge in [-0.2, -0.15) is 0 Å². The van der Waals surface area contributed by atoms with Crippen molar-refractivity contribution in [2.75, 3.05) is 24.3 Å². The van der Waals surface area contributed by atoms with Crippen LogP contribution in [0.1, 0.15) is 5.69 Å². The van der Waals surface area contributed by atoms with E-state index in [1.54, 1.807) is 0 Å². The number of fused-ring (bicyclic) bond motifs is 1. The van der Waals surface area contributed by atoms with E-state index in [9.17, 15) is 29.4 Å². The topological polar surface area (TPSA) is 248 Å². The molecule has 20 heteroatoms. The van der Waals surface area contributed by atoms with Crippen LogP contribution >= 0.6 is 34.9 Å². The lowest BCUT2D eigenvalue weighted by atomic mass is 10.0. The van der Waals surface area contributed by atoms with Crippen molar-refractivity contribution in [3.8, 4) is 0 Å². The number of tetrazole rings is 1. The molecule has 0 radical (unpaired) electrons. The molecule has 0 aromatic carbocycles. The Morgan fingerprint density at radius 2 is 2.16 bits per heavy atom. The summed E-state index contributed by atoms with van der Waals surface area (Å²) < 4.78 is 1.08. The van der Waals surface area contributed by atoms with Crippen molar-refractivity contribution in [1.29, 1.82) is 0 Å². The first-order valence-electron chi connectivity index (χ1n) is 10.5. The summed E-state index contributed by atoms with van der Waals surface area (Å²) in [5.74, 6) is -3.86. The summed E-state index contributed by atoms with van der Waals surface area (Å²) in [6, 6.07) is -1.01. The van der Waals surface area contributed by atoms with Crippen LogP contribution < -0.4 is 11.1 Å². The van der Waals surface area contributed by atoms with Gasteiger partial charge in [-0.1, -0.05) is 16.9 Å². The molecule has 2 aliphatic rings. The van der Waals surface area contributed by atoms with Gasteiger partial charge in [0, 0.05) is 16.9 Å². The standard InChI is InChI=1S/C18H19N9O8S3/c1-35-23-9(7-5-37-17(19)20-7)12(29)21-10-13(30)27-11(16(33)34)6(3-36-14(10)27)4-38-18-22-24-25-26(18)2-8(28)15(31)32/h5,8,10,14,28H,2-4H2,1H3,(H2,19,20)(H,21,29)(H,31,32)(H,33,34)/t8?,10?,14-/m1/s1. The number of aliphatic hydroxyl groups excluding tert-OH is 1. The fourth-order valence-corrected chi connectivity index (χ4v) is 6.42. The molecule has 2 aromatic heterocycles. The molecule has 38 heavy (non-hydrogen) atoms. The maximum atomic E-state index is 13.0. The third-order valence-corrected chi connectivity index (χ3v) is 8.26. The minimum absolute atomic E-state index is 0.0710. The zero-order valence-corrected chi connectivity index (χ0v) is 21.7. The first-order chi connectivity index (χ1) is 18.1. The summed E-state index contributed by atoms with van der Waals surface area (Å²) in [6.07, 6.45) is -1.73. The Morgan fingerprint density at radius 3 is 2.79 bits per heavy atom. The molecule has 0 bridgehead atoms. The van der Waals surface area contributed by atoms with Gasteiger partial charge in [0.25, 0.3) is 11.8 Å². The summed E-state index contributed by atoms with van der Waals surface area (Å²) in [7, 11) is 1.24.